The summed E-state index contributed by atoms with van der Waals surface area (Å²) < 4.78 is 1.97. The van der Waals surface area contributed by atoms with Crippen molar-refractivity contribution in [2.24, 2.45) is 7.05 Å². The minimum Gasteiger partial charge on any atom is -0.350 e. The normalized spacial score (nSPS) is 11.4. The van der Waals surface area contributed by atoms with Crippen molar-refractivity contribution in [3.8, 4) is 6.07 Å². The minimum absolute atomic E-state index is 0.0377. The van der Waals surface area contributed by atoms with Crippen molar-refractivity contribution in [3.63, 3.8) is 0 Å². The van der Waals surface area contributed by atoms with E-state index in [0.29, 0.717) is 10.7 Å². The van der Waals surface area contributed by atoms with E-state index in [1.807, 2.05) is 55.1 Å². The SMILES string of the molecule is Cc1c(Cl)cccc1NC(=O)/C(C#N)=C\c1cn(C)c2ccccc12. The summed E-state index contributed by atoms with van der Waals surface area (Å²) in [4.78, 5) is 12.5. The predicted octanol–water partition coefficient (Wildman–Crippen LogP) is 4.69. The van der Waals surface area contributed by atoms with Crippen LogP contribution in [-0.4, -0.2) is 10.5 Å². The molecule has 0 saturated heterocycles. The van der Waals surface area contributed by atoms with Crippen LogP contribution in [0.25, 0.3) is 17.0 Å². The summed E-state index contributed by atoms with van der Waals surface area (Å²) in [6.45, 7) is 1.82. The summed E-state index contributed by atoms with van der Waals surface area (Å²) in [5.74, 6) is -0.458. The van der Waals surface area contributed by atoms with Crippen LogP contribution in [-0.2, 0) is 11.8 Å². The van der Waals surface area contributed by atoms with Gasteiger partial charge in [0.2, 0.25) is 0 Å². The number of halogens is 1. The zero-order chi connectivity index (χ0) is 18.0. The topological polar surface area (TPSA) is 57.8 Å². The van der Waals surface area contributed by atoms with Crippen molar-refractivity contribution < 1.29 is 4.79 Å². The first-order valence-electron chi connectivity index (χ1n) is 7.73. The lowest BCUT2D eigenvalue weighted by molar-refractivity contribution is -0.112. The van der Waals surface area contributed by atoms with Crippen LogP contribution in [0.1, 0.15) is 11.1 Å². The van der Waals surface area contributed by atoms with Crippen LogP contribution in [0.4, 0.5) is 5.69 Å². The number of benzene rings is 2. The van der Waals surface area contributed by atoms with Gasteiger partial charge in [-0.2, -0.15) is 5.26 Å². The predicted molar refractivity (Wildman–Crippen MR) is 101 cm³/mol. The smallest absolute Gasteiger partial charge is 0.266 e. The van der Waals surface area contributed by atoms with Crippen LogP contribution >= 0.6 is 11.6 Å². The minimum atomic E-state index is -0.458. The monoisotopic (exact) mass is 349 g/mol. The molecule has 25 heavy (non-hydrogen) atoms. The van der Waals surface area contributed by atoms with Crippen molar-refractivity contribution in [2.45, 2.75) is 6.92 Å². The molecule has 0 aliphatic rings. The second-order valence-electron chi connectivity index (χ2n) is 5.75. The van der Waals surface area contributed by atoms with E-state index in [4.69, 9.17) is 11.6 Å². The average molecular weight is 350 g/mol. The molecule has 3 rings (SSSR count). The third kappa shape index (κ3) is 3.28. The highest BCUT2D eigenvalue weighted by atomic mass is 35.5. The average Bonchev–Trinajstić information content (AvgIpc) is 2.93. The first-order valence-corrected chi connectivity index (χ1v) is 8.11. The lowest BCUT2D eigenvalue weighted by Crippen LogP contribution is -2.14. The third-order valence-corrected chi connectivity index (χ3v) is 4.52. The van der Waals surface area contributed by atoms with Crippen molar-refractivity contribution >= 4 is 40.2 Å². The maximum absolute atomic E-state index is 12.5. The summed E-state index contributed by atoms with van der Waals surface area (Å²) in [6, 6.07) is 15.1. The largest absolute Gasteiger partial charge is 0.350 e. The molecule has 0 fully saturated rings. The van der Waals surface area contributed by atoms with Gasteiger partial charge in [0, 0.05) is 40.4 Å². The number of amides is 1. The fourth-order valence-corrected chi connectivity index (χ4v) is 2.90. The Morgan fingerprint density at radius 1 is 1.24 bits per heavy atom. The molecule has 0 spiro atoms. The number of nitrogens with one attached hydrogen (secondary N) is 1. The summed E-state index contributed by atoms with van der Waals surface area (Å²) in [5.41, 5.74) is 3.26. The highest BCUT2D eigenvalue weighted by Gasteiger charge is 2.13. The van der Waals surface area contributed by atoms with Crippen LogP contribution in [0.5, 0.6) is 0 Å². The first-order chi connectivity index (χ1) is 12.0. The molecular weight excluding hydrogens is 334 g/mol. The fraction of sp³-hybridized carbons (Fsp3) is 0.100. The Labute approximate surface area is 150 Å². The molecule has 1 N–H and O–H groups in total. The van der Waals surface area contributed by atoms with Crippen LogP contribution < -0.4 is 5.32 Å². The maximum atomic E-state index is 12.5. The number of hydrogen-bond acceptors (Lipinski definition) is 2. The van der Waals surface area contributed by atoms with Crippen molar-refractivity contribution in [1.82, 2.24) is 4.57 Å². The molecule has 0 radical (unpaired) electrons. The zero-order valence-corrected chi connectivity index (χ0v) is 14.6. The Morgan fingerprint density at radius 3 is 2.76 bits per heavy atom. The summed E-state index contributed by atoms with van der Waals surface area (Å²) in [5, 5.41) is 13.7. The molecule has 2 aromatic carbocycles. The van der Waals surface area contributed by atoms with Crippen molar-refractivity contribution in [2.75, 3.05) is 5.32 Å². The van der Waals surface area contributed by atoms with Gasteiger partial charge in [0.25, 0.3) is 5.91 Å². The molecule has 0 aliphatic carbocycles. The fourth-order valence-electron chi connectivity index (χ4n) is 2.72. The number of nitrogens with zero attached hydrogens (tertiary/aromatic N) is 2. The Kier molecular flexibility index (Phi) is 4.60. The van der Waals surface area contributed by atoms with Crippen molar-refractivity contribution in [3.05, 3.63) is 70.4 Å². The van der Waals surface area contributed by atoms with Gasteiger partial charge in [-0.05, 0) is 36.8 Å². The molecule has 1 heterocycles. The molecule has 5 heteroatoms. The molecule has 124 valence electrons. The van der Waals surface area contributed by atoms with Gasteiger partial charge in [-0.1, -0.05) is 35.9 Å². The van der Waals surface area contributed by atoms with Crippen LogP contribution in [0.15, 0.2) is 54.2 Å². The van der Waals surface area contributed by atoms with E-state index < -0.39 is 5.91 Å². The Bertz CT molecular complexity index is 1040. The highest BCUT2D eigenvalue weighted by Crippen LogP contribution is 2.25. The number of aryl methyl sites for hydroxylation is 1. The van der Waals surface area contributed by atoms with E-state index in [-0.39, 0.29) is 5.57 Å². The van der Waals surface area contributed by atoms with Crippen LogP contribution in [0.2, 0.25) is 5.02 Å². The molecule has 0 saturated carbocycles. The molecule has 0 bridgehead atoms. The first kappa shape index (κ1) is 16.8. The number of aromatic nitrogens is 1. The molecule has 1 aromatic heterocycles. The highest BCUT2D eigenvalue weighted by molar-refractivity contribution is 6.31. The van der Waals surface area contributed by atoms with Gasteiger partial charge in [-0.25, -0.2) is 0 Å². The van der Waals surface area contributed by atoms with Gasteiger partial charge >= 0.3 is 0 Å². The molecule has 3 aromatic rings. The lowest BCUT2D eigenvalue weighted by Gasteiger charge is -2.08. The van der Waals surface area contributed by atoms with Gasteiger partial charge < -0.3 is 9.88 Å². The molecule has 0 unspecified atom stereocenters. The van der Waals surface area contributed by atoms with E-state index in [0.717, 1.165) is 22.0 Å². The standard InChI is InChI=1S/C20H16ClN3O/c1-13-17(21)7-5-8-18(13)23-20(25)14(11-22)10-15-12-24(2)19-9-4-3-6-16(15)19/h3-10,12H,1-2H3,(H,23,25)/b14-10-. The Morgan fingerprint density at radius 2 is 2.00 bits per heavy atom. The van der Waals surface area contributed by atoms with Gasteiger partial charge in [0.15, 0.2) is 0 Å². The van der Waals surface area contributed by atoms with Gasteiger partial charge in [0.05, 0.1) is 0 Å². The summed E-state index contributed by atoms with van der Waals surface area (Å²) >= 11 is 6.07. The maximum Gasteiger partial charge on any atom is 0.266 e. The zero-order valence-electron chi connectivity index (χ0n) is 13.9. The summed E-state index contributed by atoms with van der Waals surface area (Å²) in [7, 11) is 1.93. The van der Waals surface area contributed by atoms with E-state index in [2.05, 4.69) is 5.32 Å². The number of carbonyl (C=O) groups excluding carboxylic acids is 1. The third-order valence-electron chi connectivity index (χ3n) is 4.11. The molecule has 4 nitrogen and oxygen atoms in total. The van der Waals surface area contributed by atoms with E-state index >= 15 is 0 Å². The van der Waals surface area contributed by atoms with E-state index in [1.165, 1.54) is 0 Å². The number of fused-ring (bicyclic) bond motifs is 1. The second kappa shape index (κ2) is 6.84. The molecular formula is C20H16ClN3O. The Balaban J connectivity index is 1.96. The molecule has 0 atom stereocenters. The lowest BCUT2D eigenvalue weighted by atomic mass is 10.1. The van der Waals surface area contributed by atoms with E-state index in [1.54, 1.807) is 24.3 Å². The molecule has 1 amide bonds. The van der Waals surface area contributed by atoms with Gasteiger partial charge in [-0.3, -0.25) is 4.79 Å². The Hall–Kier alpha value is -3.03. The van der Waals surface area contributed by atoms with Crippen LogP contribution in [0.3, 0.4) is 0 Å². The second-order valence-corrected chi connectivity index (χ2v) is 6.16. The number of anilines is 1. The summed E-state index contributed by atoms with van der Waals surface area (Å²) in [6.07, 6.45) is 3.51. The number of carbonyl (C=O) groups is 1. The number of para-hydroxylation sites is 1. The molecule has 0 aliphatic heterocycles. The van der Waals surface area contributed by atoms with E-state index in [9.17, 15) is 10.1 Å². The van der Waals surface area contributed by atoms with Gasteiger partial charge in [0.1, 0.15) is 11.6 Å². The van der Waals surface area contributed by atoms with Gasteiger partial charge in [-0.15, -0.1) is 0 Å². The number of rotatable bonds is 3. The quantitative estimate of drug-likeness (QED) is 0.551. The van der Waals surface area contributed by atoms with Crippen LogP contribution in [0, 0.1) is 18.3 Å². The number of nitriles is 1. The van der Waals surface area contributed by atoms with Crippen molar-refractivity contribution in [1.29, 1.82) is 5.26 Å². The number of hydrogen-bond donors (Lipinski definition) is 1.